The molecule has 0 bridgehead atoms. The third-order valence-corrected chi connectivity index (χ3v) is 5.29. The average Bonchev–Trinajstić information content (AvgIpc) is 2.80. The van der Waals surface area contributed by atoms with Crippen LogP contribution in [-0.2, 0) is 22.3 Å². The largest absolute Gasteiger partial charge is 0.259 e. The van der Waals surface area contributed by atoms with Crippen LogP contribution in [0.3, 0.4) is 0 Å². The summed E-state index contributed by atoms with van der Waals surface area (Å²) in [4.78, 5) is 4.53. The lowest BCUT2D eigenvalue weighted by Crippen LogP contribution is -2.00. The molecule has 4 heteroatoms. The Morgan fingerprint density at radius 1 is 1.21 bits per heavy atom. The van der Waals surface area contributed by atoms with E-state index in [4.69, 9.17) is 0 Å². The SMILES string of the molecule is Cc1ccc(C[S@@](=O)Cc2csc(C(C)C)n2)cc1. The molecule has 0 N–H and O–H groups in total. The minimum absolute atomic E-state index is 0.448. The molecule has 1 atom stereocenters. The summed E-state index contributed by atoms with van der Waals surface area (Å²) in [5.41, 5.74) is 3.32. The predicted molar refractivity (Wildman–Crippen MR) is 82.9 cm³/mol. The van der Waals surface area contributed by atoms with Crippen molar-refractivity contribution in [3.63, 3.8) is 0 Å². The van der Waals surface area contributed by atoms with Crippen LogP contribution in [-0.4, -0.2) is 9.19 Å². The van der Waals surface area contributed by atoms with E-state index in [2.05, 4.69) is 37.9 Å². The molecule has 0 saturated carbocycles. The molecule has 0 aliphatic rings. The maximum atomic E-state index is 12.1. The van der Waals surface area contributed by atoms with Crippen LogP contribution in [0.2, 0.25) is 0 Å². The maximum Gasteiger partial charge on any atom is 0.0954 e. The highest BCUT2D eigenvalue weighted by Gasteiger charge is 2.09. The number of aryl methyl sites for hydroxylation is 1. The lowest BCUT2D eigenvalue weighted by Gasteiger charge is -2.02. The van der Waals surface area contributed by atoms with Gasteiger partial charge in [-0.25, -0.2) is 4.98 Å². The summed E-state index contributed by atoms with van der Waals surface area (Å²) in [6.07, 6.45) is 0. The first kappa shape index (κ1) is 14.4. The predicted octanol–water partition coefficient (Wildman–Crippen LogP) is 4.02. The van der Waals surface area contributed by atoms with E-state index in [1.807, 2.05) is 17.5 Å². The van der Waals surface area contributed by atoms with E-state index in [-0.39, 0.29) is 0 Å². The molecular formula is C15H19NOS2. The highest BCUT2D eigenvalue weighted by Crippen LogP contribution is 2.20. The van der Waals surface area contributed by atoms with Crippen molar-refractivity contribution in [3.8, 4) is 0 Å². The molecule has 0 unspecified atom stereocenters. The van der Waals surface area contributed by atoms with Gasteiger partial charge in [-0.3, -0.25) is 4.21 Å². The quantitative estimate of drug-likeness (QED) is 0.833. The van der Waals surface area contributed by atoms with Crippen LogP contribution in [0.25, 0.3) is 0 Å². The van der Waals surface area contributed by atoms with Crippen LogP contribution in [0.5, 0.6) is 0 Å². The molecule has 102 valence electrons. The Hall–Kier alpha value is -1.00. The summed E-state index contributed by atoms with van der Waals surface area (Å²) in [5, 5.41) is 3.16. The Balaban J connectivity index is 1.95. The fourth-order valence-electron chi connectivity index (χ4n) is 1.74. The number of hydrogen-bond acceptors (Lipinski definition) is 3. The topological polar surface area (TPSA) is 30.0 Å². The van der Waals surface area contributed by atoms with Crippen LogP contribution < -0.4 is 0 Å². The second-order valence-corrected chi connectivity index (χ2v) is 7.39. The summed E-state index contributed by atoms with van der Waals surface area (Å²) in [5.74, 6) is 1.61. The summed E-state index contributed by atoms with van der Waals surface area (Å²) in [6.45, 7) is 6.32. The van der Waals surface area contributed by atoms with Gasteiger partial charge in [0, 0.05) is 27.9 Å². The number of aromatic nitrogens is 1. The fourth-order valence-corrected chi connectivity index (χ4v) is 3.82. The minimum atomic E-state index is -0.884. The molecule has 2 aromatic rings. The van der Waals surface area contributed by atoms with Crippen molar-refractivity contribution in [1.82, 2.24) is 4.98 Å². The van der Waals surface area contributed by atoms with E-state index < -0.39 is 10.8 Å². The summed E-state index contributed by atoms with van der Waals surface area (Å²) in [7, 11) is -0.884. The van der Waals surface area contributed by atoms with Gasteiger partial charge in [-0.2, -0.15) is 0 Å². The first-order chi connectivity index (χ1) is 9.04. The zero-order valence-electron chi connectivity index (χ0n) is 11.6. The standard InChI is InChI=1S/C15H19NOS2/c1-11(2)15-16-14(8-18-15)10-19(17)9-13-6-4-12(3)5-7-13/h4-8,11H,9-10H2,1-3H3/t19-/m1/s1. The van der Waals surface area contributed by atoms with Crippen molar-refractivity contribution in [2.45, 2.75) is 38.2 Å². The number of rotatable bonds is 5. The smallest absolute Gasteiger partial charge is 0.0954 e. The second-order valence-electron chi connectivity index (χ2n) is 5.05. The van der Waals surface area contributed by atoms with Gasteiger partial charge in [0.15, 0.2) is 0 Å². The monoisotopic (exact) mass is 293 g/mol. The first-order valence-electron chi connectivity index (χ1n) is 6.39. The Bertz CT molecular complexity index is 558. The molecule has 0 amide bonds. The van der Waals surface area contributed by atoms with Gasteiger partial charge in [-0.1, -0.05) is 43.7 Å². The van der Waals surface area contributed by atoms with Gasteiger partial charge < -0.3 is 0 Å². The van der Waals surface area contributed by atoms with Gasteiger partial charge in [-0.05, 0) is 12.5 Å². The van der Waals surface area contributed by atoms with E-state index in [1.54, 1.807) is 11.3 Å². The Morgan fingerprint density at radius 3 is 2.47 bits per heavy atom. The van der Waals surface area contributed by atoms with Gasteiger partial charge in [0.25, 0.3) is 0 Å². The molecule has 1 aromatic carbocycles. The van der Waals surface area contributed by atoms with Crippen molar-refractivity contribution in [2.75, 3.05) is 0 Å². The van der Waals surface area contributed by atoms with Crippen LogP contribution in [0.15, 0.2) is 29.6 Å². The van der Waals surface area contributed by atoms with Gasteiger partial charge >= 0.3 is 0 Å². The molecule has 0 spiro atoms. The summed E-state index contributed by atoms with van der Waals surface area (Å²) < 4.78 is 12.1. The molecule has 19 heavy (non-hydrogen) atoms. The maximum absolute atomic E-state index is 12.1. The molecule has 0 aliphatic heterocycles. The number of thiazole rings is 1. The van der Waals surface area contributed by atoms with E-state index in [0.717, 1.165) is 16.3 Å². The third-order valence-electron chi connectivity index (χ3n) is 2.82. The zero-order chi connectivity index (χ0) is 13.8. The van der Waals surface area contributed by atoms with Gasteiger partial charge in [-0.15, -0.1) is 11.3 Å². The Kier molecular flexibility index (Phi) is 4.88. The third kappa shape index (κ3) is 4.25. The fraction of sp³-hybridized carbons (Fsp3) is 0.400. The van der Waals surface area contributed by atoms with Crippen molar-refractivity contribution >= 4 is 22.1 Å². The highest BCUT2D eigenvalue weighted by molar-refractivity contribution is 7.83. The molecule has 1 heterocycles. The highest BCUT2D eigenvalue weighted by atomic mass is 32.2. The lowest BCUT2D eigenvalue weighted by molar-refractivity contribution is 0.681. The van der Waals surface area contributed by atoms with Crippen LogP contribution in [0.4, 0.5) is 0 Å². The van der Waals surface area contributed by atoms with Crippen molar-refractivity contribution in [3.05, 3.63) is 51.5 Å². The van der Waals surface area contributed by atoms with E-state index in [1.165, 1.54) is 5.56 Å². The zero-order valence-corrected chi connectivity index (χ0v) is 13.2. The molecule has 1 aromatic heterocycles. The molecule has 2 rings (SSSR count). The van der Waals surface area contributed by atoms with Crippen molar-refractivity contribution in [2.24, 2.45) is 0 Å². The minimum Gasteiger partial charge on any atom is -0.259 e. The number of nitrogens with zero attached hydrogens (tertiary/aromatic N) is 1. The van der Waals surface area contributed by atoms with E-state index >= 15 is 0 Å². The summed E-state index contributed by atoms with van der Waals surface area (Å²) >= 11 is 1.66. The normalized spacial score (nSPS) is 12.8. The van der Waals surface area contributed by atoms with Crippen molar-refractivity contribution < 1.29 is 4.21 Å². The lowest BCUT2D eigenvalue weighted by atomic mass is 10.2. The van der Waals surface area contributed by atoms with E-state index in [9.17, 15) is 4.21 Å². The molecule has 0 saturated heterocycles. The Labute approximate surface area is 121 Å². The molecule has 2 nitrogen and oxygen atoms in total. The van der Waals surface area contributed by atoms with Crippen LogP contribution in [0.1, 0.15) is 41.6 Å². The number of hydrogen-bond donors (Lipinski definition) is 0. The second kappa shape index (κ2) is 6.44. The average molecular weight is 293 g/mol. The molecule has 0 radical (unpaired) electrons. The molecule has 0 aliphatic carbocycles. The van der Waals surface area contributed by atoms with Crippen LogP contribution in [0, 0.1) is 6.92 Å². The molecular weight excluding hydrogens is 274 g/mol. The van der Waals surface area contributed by atoms with Crippen LogP contribution >= 0.6 is 11.3 Å². The first-order valence-corrected chi connectivity index (χ1v) is 8.76. The molecule has 0 fully saturated rings. The Morgan fingerprint density at radius 2 is 1.89 bits per heavy atom. The summed E-state index contributed by atoms with van der Waals surface area (Å²) in [6, 6.07) is 8.22. The van der Waals surface area contributed by atoms with Gasteiger partial charge in [0.05, 0.1) is 16.5 Å². The van der Waals surface area contributed by atoms with Crippen molar-refractivity contribution in [1.29, 1.82) is 0 Å². The number of benzene rings is 1. The van der Waals surface area contributed by atoms with E-state index in [0.29, 0.717) is 17.4 Å². The van der Waals surface area contributed by atoms with Gasteiger partial charge in [0.2, 0.25) is 0 Å². The van der Waals surface area contributed by atoms with Gasteiger partial charge in [0.1, 0.15) is 0 Å².